The average Bonchev–Trinajstić information content (AvgIpc) is 3.22. The maximum atomic E-state index is 14.1. The maximum Gasteiger partial charge on any atom is 0.316 e. The number of rotatable bonds is 3. The lowest BCUT2D eigenvalue weighted by molar-refractivity contribution is -0.335. The number of hydrogen-bond acceptors (Lipinski definition) is 8. The average molecular weight is 587 g/mol. The molecule has 0 aromatic heterocycles. The predicted octanol–water partition coefficient (Wildman–Crippen LogP) is 5.29. The molecule has 0 aromatic rings. The van der Waals surface area contributed by atoms with Crippen molar-refractivity contribution < 1.29 is 38.7 Å². The van der Waals surface area contributed by atoms with Crippen LogP contribution in [0.2, 0.25) is 0 Å². The fraction of sp³-hybridized carbons (Fsp3) is 0.735. The molecule has 5 rings (SSSR count). The monoisotopic (exact) mass is 586 g/mol. The molecule has 1 spiro atoms. The first-order chi connectivity index (χ1) is 20.0. The molecule has 4 heterocycles. The summed E-state index contributed by atoms with van der Waals surface area (Å²) < 4.78 is 31.6. The van der Waals surface area contributed by atoms with E-state index in [-0.39, 0.29) is 18.1 Å². The summed E-state index contributed by atoms with van der Waals surface area (Å²) in [5.41, 5.74) is 0.403. The van der Waals surface area contributed by atoms with Gasteiger partial charge in [0, 0.05) is 31.4 Å². The fourth-order valence-electron chi connectivity index (χ4n) is 7.55. The summed E-state index contributed by atoms with van der Waals surface area (Å²) in [6, 6.07) is 0. The molecule has 0 amide bonds. The van der Waals surface area contributed by atoms with Crippen molar-refractivity contribution in [2.75, 3.05) is 6.61 Å². The quantitative estimate of drug-likeness (QED) is 0.340. The van der Waals surface area contributed by atoms with Crippen LogP contribution in [0.1, 0.15) is 86.5 Å². The van der Waals surface area contributed by atoms with Gasteiger partial charge in [-0.05, 0) is 63.9 Å². The minimum Gasteiger partial charge on any atom is -0.462 e. The van der Waals surface area contributed by atoms with Gasteiger partial charge in [-0.25, -0.2) is 0 Å². The molecule has 5 aliphatic rings. The molecule has 8 nitrogen and oxygen atoms in total. The van der Waals surface area contributed by atoms with E-state index >= 15 is 0 Å². The first-order valence-electron chi connectivity index (χ1n) is 16.0. The Morgan fingerprint density at radius 3 is 2.67 bits per heavy atom. The van der Waals surface area contributed by atoms with Gasteiger partial charge in [-0.15, -0.1) is 0 Å². The van der Waals surface area contributed by atoms with Crippen LogP contribution < -0.4 is 0 Å². The molecule has 0 aromatic carbocycles. The number of ether oxygens (including phenoxy) is 5. The second-order valence-corrected chi connectivity index (χ2v) is 13.2. The molecular weight excluding hydrogens is 536 g/mol. The van der Waals surface area contributed by atoms with E-state index in [4.69, 9.17) is 23.7 Å². The Morgan fingerprint density at radius 1 is 1.14 bits per heavy atom. The minimum atomic E-state index is -1.83. The zero-order chi connectivity index (χ0) is 30.2. The Bertz CT molecular complexity index is 1120. The van der Waals surface area contributed by atoms with Crippen molar-refractivity contribution in [3.8, 4) is 0 Å². The molecular formula is C34H50O8. The number of fused-ring (bicyclic) bond motifs is 2. The van der Waals surface area contributed by atoms with Crippen LogP contribution in [0.4, 0.5) is 0 Å². The Morgan fingerprint density at radius 2 is 1.93 bits per heavy atom. The van der Waals surface area contributed by atoms with Gasteiger partial charge >= 0.3 is 5.97 Å². The smallest absolute Gasteiger partial charge is 0.316 e. The summed E-state index contributed by atoms with van der Waals surface area (Å²) in [4.78, 5) is 14.1. The molecule has 0 radical (unpaired) electrons. The van der Waals surface area contributed by atoms with Gasteiger partial charge in [0.25, 0.3) is 0 Å². The molecule has 42 heavy (non-hydrogen) atoms. The standard InChI is InChI=1S/C34H50O8/c1-7-28-22(5)14-15-33(42-28)19-25-18-24(41-33)13-12-21(4)16-20(3)10-9-11-26-32(38-8-2)40-30-29(35)23(6)17-27(31(36)39-25)34(26,30)37/h9-12,17,20,22,24-25,27-30,32,35,37H,7-8,13-16,18-19H2,1-6H3/b10-9+,21-12+,26-11-/t20-,22-,24+,25-,27-,28+,29+,30+,32+,33+,34+/m0/s1. The molecule has 3 saturated heterocycles. The third-order valence-corrected chi connectivity index (χ3v) is 9.85. The van der Waals surface area contributed by atoms with Gasteiger partial charge in [-0.2, -0.15) is 0 Å². The molecule has 0 unspecified atom stereocenters. The van der Waals surface area contributed by atoms with Crippen molar-refractivity contribution in [1.82, 2.24) is 0 Å². The number of allylic oxidation sites excluding steroid dienone is 4. The Kier molecular flexibility index (Phi) is 9.53. The lowest BCUT2D eigenvalue weighted by atomic mass is 9.70. The van der Waals surface area contributed by atoms with E-state index < -0.39 is 47.9 Å². The van der Waals surface area contributed by atoms with E-state index in [1.807, 2.05) is 13.0 Å². The first kappa shape index (κ1) is 31.6. The van der Waals surface area contributed by atoms with Gasteiger partial charge in [-0.1, -0.05) is 56.7 Å². The SMILES string of the molecule is CCO[C@@H]1O[C@@H]2[C@H](O)C(C)=C[C@H]3C(=O)O[C@H]4C[C@@H](C/C=C(\C)C[C@@H](C)/C=C/C=C/1[C@]23O)O[C@@]1(CC[C@H](C)[C@@H](CC)O1)C4. The Labute approximate surface area is 250 Å². The zero-order valence-electron chi connectivity index (χ0n) is 26.1. The van der Waals surface area contributed by atoms with E-state index in [1.165, 1.54) is 5.57 Å². The molecule has 4 aliphatic heterocycles. The van der Waals surface area contributed by atoms with E-state index in [0.29, 0.717) is 42.9 Å². The van der Waals surface area contributed by atoms with Crippen molar-refractivity contribution in [2.24, 2.45) is 17.8 Å². The summed E-state index contributed by atoms with van der Waals surface area (Å²) in [6.45, 7) is 12.6. The summed E-state index contributed by atoms with van der Waals surface area (Å²) >= 11 is 0. The third-order valence-electron chi connectivity index (χ3n) is 9.85. The first-order valence-corrected chi connectivity index (χ1v) is 16.0. The van der Waals surface area contributed by atoms with E-state index in [0.717, 1.165) is 25.7 Å². The molecule has 8 heteroatoms. The number of carbonyl (C=O) groups excluding carboxylic acids is 1. The normalized spacial score (nSPS) is 47.9. The van der Waals surface area contributed by atoms with Crippen LogP contribution in [0.5, 0.6) is 0 Å². The second kappa shape index (κ2) is 12.7. The minimum absolute atomic E-state index is 0.0855. The van der Waals surface area contributed by atoms with E-state index in [9.17, 15) is 15.0 Å². The lowest BCUT2D eigenvalue weighted by Crippen LogP contribution is -2.58. The van der Waals surface area contributed by atoms with Gasteiger partial charge in [0.2, 0.25) is 0 Å². The highest BCUT2D eigenvalue weighted by molar-refractivity contribution is 5.78. The summed E-state index contributed by atoms with van der Waals surface area (Å²) in [6.07, 6.45) is 11.3. The van der Waals surface area contributed by atoms with Crippen molar-refractivity contribution in [1.29, 1.82) is 0 Å². The number of hydrogen-bond donors (Lipinski definition) is 2. The summed E-state index contributed by atoms with van der Waals surface area (Å²) in [5, 5.41) is 23.4. The van der Waals surface area contributed by atoms with E-state index in [2.05, 4.69) is 39.8 Å². The van der Waals surface area contributed by atoms with Crippen molar-refractivity contribution in [3.05, 3.63) is 47.1 Å². The molecule has 0 saturated carbocycles. The third kappa shape index (κ3) is 6.08. The van der Waals surface area contributed by atoms with Gasteiger partial charge < -0.3 is 33.9 Å². The molecule has 234 valence electrons. The lowest BCUT2D eigenvalue weighted by Gasteiger charge is -2.50. The highest BCUT2D eigenvalue weighted by atomic mass is 16.7. The predicted molar refractivity (Wildman–Crippen MR) is 158 cm³/mol. The van der Waals surface area contributed by atoms with Crippen molar-refractivity contribution >= 4 is 5.97 Å². The van der Waals surface area contributed by atoms with Gasteiger partial charge in [0.05, 0.1) is 12.2 Å². The second-order valence-electron chi connectivity index (χ2n) is 13.2. The molecule has 11 atom stereocenters. The zero-order valence-corrected chi connectivity index (χ0v) is 26.1. The van der Waals surface area contributed by atoms with Crippen LogP contribution in [0.3, 0.4) is 0 Å². The summed E-state index contributed by atoms with van der Waals surface area (Å²) in [7, 11) is 0. The molecule has 3 fully saturated rings. The Balaban J connectivity index is 1.54. The molecule has 2 bridgehead atoms. The highest BCUT2D eigenvalue weighted by Gasteiger charge is 2.63. The van der Waals surface area contributed by atoms with Crippen LogP contribution in [-0.4, -0.2) is 71.0 Å². The number of aliphatic hydroxyl groups is 2. The van der Waals surface area contributed by atoms with Crippen LogP contribution in [0.15, 0.2) is 47.1 Å². The Hall–Kier alpha value is -1.81. The van der Waals surface area contributed by atoms with Gasteiger partial charge in [-0.3, -0.25) is 4.79 Å². The van der Waals surface area contributed by atoms with Crippen LogP contribution in [0, 0.1) is 17.8 Å². The highest BCUT2D eigenvalue weighted by Crippen LogP contribution is 2.49. The van der Waals surface area contributed by atoms with Gasteiger partial charge in [0.15, 0.2) is 12.1 Å². The maximum absolute atomic E-state index is 14.1. The van der Waals surface area contributed by atoms with Crippen LogP contribution in [0.25, 0.3) is 0 Å². The number of esters is 1. The van der Waals surface area contributed by atoms with Crippen molar-refractivity contribution in [2.45, 2.75) is 135 Å². The number of carbonyl (C=O) groups is 1. The van der Waals surface area contributed by atoms with Crippen molar-refractivity contribution in [3.63, 3.8) is 0 Å². The fourth-order valence-corrected chi connectivity index (χ4v) is 7.55. The largest absolute Gasteiger partial charge is 0.462 e. The van der Waals surface area contributed by atoms with E-state index in [1.54, 1.807) is 19.1 Å². The van der Waals surface area contributed by atoms with Crippen LogP contribution in [-0.2, 0) is 28.5 Å². The topological polar surface area (TPSA) is 104 Å². The van der Waals surface area contributed by atoms with Crippen LogP contribution >= 0.6 is 0 Å². The molecule has 1 aliphatic carbocycles. The molecule has 2 N–H and O–H groups in total. The number of aliphatic hydroxyl groups excluding tert-OH is 1. The van der Waals surface area contributed by atoms with Gasteiger partial charge in [0.1, 0.15) is 29.8 Å². The summed E-state index contributed by atoms with van der Waals surface area (Å²) in [5.74, 6) is -1.75.